The molecule has 0 amide bonds. The van der Waals surface area contributed by atoms with E-state index in [9.17, 15) is 19.5 Å². The summed E-state index contributed by atoms with van der Waals surface area (Å²) in [4.78, 5) is 42.9. The molecular formula is C26H29F2NO5S2. The Morgan fingerprint density at radius 1 is 1.22 bits per heavy atom. The van der Waals surface area contributed by atoms with Gasteiger partial charge in [0.1, 0.15) is 22.5 Å². The number of esters is 1. The van der Waals surface area contributed by atoms with E-state index in [1.165, 1.54) is 12.4 Å². The second kappa shape index (κ2) is 7.96. The van der Waals surface area contributed by atoms with Gasteiger partial charge in [-0.2, -0.15) is 0 Å². The van der Waals surface area contributed by atoms with E-state index < -0.39 is 68.7 Å². The molecule has 6 nitrogen and oxygen atoms in total. The van der Waals surface area contributed by atoms with Crippen molar-refractivity contribution in [3.05, 3.63) is 39.6 Å². The molecule has 194 valence electrons. The van der Waals surface area contributed by atoms with Crippen LogP contribution < -0.4 is 0 Å². The zero-order chi connectivity index (χ0) is 26.4. The standard InChI is InChI=1S/C26H29F2NO5S2/c1-12-7-15-16-10-18(27)17-8-14(30)9-19(31)24(17,4)25(16,28)6-5-23(15,3)26(12,22(33)35)34-21(32)20-13(2)29-11-36-20/h8-9,11-12,15-16,18,31H,5-7,10H2,1-4H3,(H,33,35)/t12-,15+,16+,18+,23+,24-,25-,26+/m1/s1. The summed E-state index contributed by atoms with van der Waals surface area (Å²) in [6.45, 7) is 6.72. The van der Waals surface area contributed by atoms with Gasteiger partial charge in [0.2, 0.25) is 5.12 Å². The minimum atomic E-state index is -2.05. The molecule has 5 rings (SSSR count). The van der Waals surface area contributed by atoms with Crippen molar-refractivity contribution in [1.29, 1.82) is 0 Å². The van der Waals surface area contributed by atoms with Crippen molar-refractivity contribution in [1.82, 2.24) is 4.98 Å². The number of hydrogen-bond donors (Lipinski definition) is 2. The van der Waals surface area contributed by atoms with Crippen molar-refractivity contribution >= 4 is 40.8 Å². The van der Waals surface area contributed by atoms with Gasteiger partial charge < -0.3 is 9.84 Å². The number of carbonyl (C=O) groups excluding carboxylic acids is 3. The highest BCUT2D eigenvalue weighted by Gasteiger charge is 2.76. The molecular weight excluding hydrogens is 508 g/mol. The molecule has 10 heteroatoms. The lowest BCUT2D eigenvalue weighted by atomic mass is 9.45. The van der Waals surface area contributed by atoms with Crippen LogP contribution in [-0.4, -0.2) is 44.4 Å². The highest BCUT2D eigenvalue weighted by atomic mass is 32.1. The zero-order valence-electron chi connectivity index (χ0n) is 20.5. The van der Waals surface area contributed by atoms with E-state index in [1.807, 2.05) is 6.92 Å². The summed E-state index contributed by atoms with van der Waals surface area (Å²) in [5.74, 6) is -3.63. The third-order valence-corrected chi connectivity index (χ3v) is 11.1. The van der Waals surface area contributed by atoms with Gasteiger partial charge in [0, 0.05) is 23.3 Å². The number of thiol groups is 1. The number of rotatable bonds is 3. The number of aliphatic hydroxyl groups is 1. The Kier molecular flexibility index (Phi) is 5.66. The number of thiazole rings is 1. The van der Waals surface area contributed by atoms with Crippen molar-refractivity contribution in [3.8, 4) is 0 Å². The van der Waals surface area contributed by atoms with E-state index >= 15 is 8.78 Å². The number of ketones is 1. The quantitative estimate of drug-likeness (QED) is 0.402. The summed E-state index contributed by atoms with van der Waals surface area (Å²) >= 11 is 5.30. The molecule has 0 unspecified atom stereocenters. The molecule has 0 aromatic carbocycles. The van der Waals surface area contributed by atoms with Crippen molar-refractivity contribution < 1.29 is 33.0 Å². The first kappa shape index (κ1) is 25.6. The fraction of sp³-hybridized carbons (Fsp3) is 0.615. The van der Waals surface area contributed by atoms with E-state index in [1.54, 1.807) is 13.8 Å². The fourth-order valence-corrected chi connectivity index (χ4v) is 9.12. The van der Waals surface area contributed by atoms with Gasteiger partial charge in [0.05, 0.1) is 16.6 Å². The van der Waals surface area contributed by atoms with Crippen LogP contribution in [-0.2, 0) is 14.3 Å². The van der Waals surface area contributed by atoms with Crippen LogP contribution in [0, 0.1) is 35.5 Å². The molecule has 0 radical (unpaired) electrons. The maximum atomic E-state index is 17.3. The molecule has 36 heavy (non-hydrogen) atoms. The lowest BCUT2D eigenvalue weighted by Crippen LogP contribution is -2.66. The minimum absolute atomic E-state index is 0.0375. The summed E-state index contributed by atoms with van der Waals surface area (Å²) in [5, 5.41) is 10.2. The predicted octanol–water partition coefficient (Wildman–Crippen LogP) is 5.28. The van der Waals surface area contributed by atoms with Crippen LogP contribution in [0.1, 0.15) is 61.8 Å². The average molecular weight is 538 g/mol. The van der Waals surface area contributed by atoms with E-state index in [2.05, 4.69) is 17.6 Å². The first-order valence-electron chi connectivity index (χ1n) is 12.1. The highest BCUT2D eigenvalue weighted by molar-refractivity contribution is 7.96. The van der Waals surface area contributed by atoms with Crippen LogP contribution >= 0.6 is 24.0 Å². The number of carbonyl (C=O) groups is 3. The molecule has 4 aliphatic carbocycles. The molecule has 1 heterocycles. The maximum absolute atomic E-state index is 17.3. The number of allylic oxidation sites excluding steroid dienone is 3. The fourth-order valence-electron chi connectivity index (χ4n) is 7.92. The van der Waals surface area contributed by atoms with Gasteiger partial charge in [-0.1, -0.05) is 13.8 Å². The Labute approximate surface area is 217 Å². The van der Waals surface area contributed by atoms with E-state index in [-0.39, 0.29) is 29.7 Å². The van der Waals surface area contributed by atoms with E-state index in [0.29, 0.717) is 12.1 Å². The third kappa shape index (κ3) is 2.94. The Morgan fingerprint density at radius 3 is 2.53 bits per heavy atom. The third-order valence-electron chi connectivity index (χ3n) is 9.85. The molecule has 3 fully saturated rings. The van der Waals surface area contributed by atoms with Gasteiger partial charge in [-0.3, -0.25) is 9.59 Å². The molecule has 1 aromatic rings. The molecule has 0 aliphatic heterocycles. The van der Waals surface area contributed by atoms with Gasteiger partial charge in [0.15, 0.2) is 11.4 Å². The van der Waals surface area contributed by atoms with E-state index in [0.717, 1.165) is 23.5 Å². The number of nitrogens with zero attached hydrogens (tertiary/aromatic N) is 1. The number of ether oxygens (including phenoxy) is 1. The van der Waals surface area contributed by atoms with Crippen LogP contribution in [0.25, 0.3) is 0 Å². The predicted molar refractivity (Wildman–Crippen MR) is 132 cm³/mol. The van der Waals surface area contributed by atoms with Crippen molar-refractivity contribution in [2.75, 3.05) is 0 Å². The van der Waals surface area contributed by atoms with Gasteiger partial charge in [-0.25, -0.2) is 18.6 Å². The van der Waals surface area contributed by atoms with Crippen molar-refractivity contribution in [2.45, 2.75) is 70.8 Å². The molecule has 1 N–H and O–H groups in total. The minimum Gasteiger partial charge on any atom is -0.511 e. The number of alkyl halides is 2. The van der Waals surface area contributed by atoms with Gasteiger partial charge in [-0.05, 0) is 57.1 Å². The van der Waals surface area contributed by atoms with Crippen LogP contribution in [0.15, 0.2) is 29.0 Å². The smallest absolute Gasteiger partial charge is 0.351 e. The van der Waals surface area contributed by atoms with E-state index in [4.69, 9.17) is 4.74 Å². The number of fused-ring (bicyclic) bond motifs is 5. The lowest BCUT2D eigenvalue weighted by molar-refractivity contribution is -0.184. The Hall–Kier alpha value is -2.07. The number of hydrogen-bond acceptors (Lipinski definition) is 7. The number of aromatic nitrogens is 1. The van der Waals surface area contributed by atoms with Gasteiger partial charge in [-0.15, -0.1) is 24.0 Å². The SMILES string of the molecule is Cc1ncsc1C(=O)O[C@]1(C(=O)S)[C@H](C)C[C@H]2[C@@H]3C[C@H](F)C4=CC(=O)C=C(O)[C@]4(C)[C@@]3(F)CC[C@@]21C. The van der Waals surface area contributed by atoms with Gasteiger partial charge >= 0.3 is 5.97 Å². The van der Waals surface area contributed by atoms with Crippen molar-refractivity contribution in [2.24, 2.45) is 28.6 Å². The summed E-state index contributed by atoms with van der Waals surface area (Å²) in [5.41, 5.74) is -4.43. The van der Waals surface area contributed by atoms with Crippen LogP contribution in [0.2, 0.25) is 0 Å². The number of halogens is 2. The number of aliphatic hydroxyl groups excluding tert-OH is 1. The zero-order valence-corrected chi connectivity index (χ0v) is 22.2. The summed E-state index contributed by atoms with van der Waals surface area (Å²) in [6, 6.07) is 0. The highest BCUT2D eigenvalue weighted by Crippen LogP contribution is 2.72. The molecule has 3 saturated carbocycles. The molecule has 8 atom stereocenters. The lowest BCUT2D eigenvalue weighted by Gasteiger charge is -2.61. The summed E-state index contributed by atoms with van der Waals surface area (Å²) in [6.07, 6.45) is 0.607. The van der Waals surface area contributed by atoms with Crippen molar-refractivity contribution in [3.63, 3.8) is 0 Å². The molecule has 0 spiro atoms. The molecule has 4 aliphatic rings. The summed E-state index contributed by atoms with van der Waals surface area (Å²) in [7, 11) is 0. The monoisotopic (exact) mass is 537 g/mol. The average Bonchev–Trinajstić information content (AvgIpc) is 3.32. The maximum Gasteiger partial charge on any atom is 0.351 e. The van der Waals surface area contributed by atoms with Gasteiger partial charge in [0.25, 0.3) is 0 Å². The first-order valence-corrected chi connectivity index (χ1v) is 13.4. The van der Waals surface area contributed by atoms with Crippen LogP contribution in [0.3, 0.4) is 0 Å². The topological polar surface area (TPSA) is 93.6 Å². The Morgan fingerprint density at radius 2 is 1.92 bits per heavy atom. The molecule has 0 saturated heterocycles. The van der Waals surface area contributed by atoms with Crippen LogP contribution in [0.5, 0.6) is 0 Å². The second-order valence-electron chi connectivity index (χ2n) is 11.2. The second-order valence-corrected chi connectivity index (χ2v) is 12.4. The normalized spacial score (nSPS) is 43.6. The Bertz CT molecular complexity index is 1240. The first-order chi connectivity index (χ1) is 16.7. The Balaban J connectivity index is 1.60. The molecule has 1 aromatic heterocycles. The number of aryl methyl sites for hydroxylation is 1. The van der Waals surface area contributed by atoms with Crippen LogP contribution in [0.4, 0.5) is 8.78 Å². The summed E-state index contributed by atoms with van der Waals surface area (Å²) < 4.78 is 39.0. The molecule has 0 bridgehead atoms. The largest absolute Gasteiger partial charge is 0.511 e.